The van der Waals surface area contributed by atoms with Crippen LogP contribution in [0.5, 0.6) is 0 Å². The molecule has 0 saturated carbocycles. The van der Waals surface area contributed by atoms with Crippen molar-refractivity contribution < 1.29 is 29.0 Å². The summed E-state index contributed by atoms with van der Waals surface area (Å²) in [6.07, 6.45) is 3.48. The van der Waals surface area contributed by atoms with Gasteiger partial charge in [0.2, 0.25) is 5.91 Å². The van der Waals surface area contributed by atoms with Crippen molar-refractivity contribution in [3.8, 4) is 0 Å². The number of halogens is 1. The highest BCUT2D eigenvalue weighted by Crippen LogP contribution is 2.61. The number of rotatable bonds is 14. The van der Waals surface area contributed by atoms with Gasteiger partial charge in [-0.1, -0.05) is 58.4 Å². The first kappa shape index (κ1) is 32.9. The van der Waals surface area contributed by atoms with E-state index in [9.17, 15) is 19.5 Å². The predicted molar refractivity (Wildman–Crippen MR) is 177 cm³/mol. The highest BCUT2D eigenvalue weighted by atomic mass is 79.9. The summed E-state index contributed by atoms with van der Waals surface area (Å²) in [5, 5.41) is 10.8. The van der Waals surface area contributed by atoms with Gasteiger partial charge in [-0.05, 0) is 56.5 Å². The topological polar surface area (TPSA) is 99.6 Å². The van der Waals surface area contributed by atoms with E-state index in [1.54, 1.807) is 17.1 Å². The summed E-state index contributed by atoms with van der Waals surface area (Å²) >= 11 is 3.71. The summed E-state index contributed by atoms with van der Waals surface area (Å²) in [5.74, 6) is -3.16. The fourth-order valence-corrected chi connectivity index (χ4v) is 8.29. The SMILES string of the molecule is C=CCCOC(=O)[C@H]1[C@H]2C(=O)N([C@H](CO)c3ccccc3)C(C(=O)N(CC=C)c3ccc(N(CC)CC)cc3)C23CC(Br)[C@@H]1O3. The van der Waals surface area contributed by atoms with E-state index in [0.717, 1.165) is 18.8 Å². The molecule has 1 N–H and O–H groups in total. The minimum Gasteiger partial charge on any atom is -0.465 e. The molecular formula is C35H42BrN3O6. The number of benzene rings is 2. The number of esters is 1. The number of hydrogen-bond donors (Lipinski definition) is 1. The standard InChI is InChI=1S/C35H42BrN3O6/c1-5-9-20-44-34(43)28-29-32(41)39(27(22-40)23-13-11-10-12-14-23)31(35(29)21-26(36)30(28)45-35)33(42)38(19-6-2)25-17-15-24(16-18-25)37(7-3)8-4/h5-6,10-18,26-31,40H,1-2,7-9,19-22H2,3-4H3/t26?,27-,28+,29+,30+,31?,35?/m1/s1. The first-order valence-corrected chi connectivity index (χ1v) is 16.5. The molecule has 9 nitrogen and oxygen atoms in total. The lowest BCUT2D eigenvalue weighted by Crippen LogP contribution is -2.57. The van der Waals surface area contributed by atoms with Gasteiger partial charge in [-0.25, -0.2) is 0 Å². The quantitative estimate of drug-likeness (QED) is 0.134. The third kappa shape index (κ3) is 5.72. The zero-order valence-electron chi connectivity index (χ0n) is 25.9. The van der Waals surface area contributed by atoms with Crippen LogP contribution in [0.2, 0.25) is 0 Å². The molecule has 0 aliphatic carbocycles. The molecule has 240 valence electrons. The number of carbonyl (C=O) groups is 3. The molecule has 7 atom stereocenters. The van der Waals surface area contributed by atoms with Crippen LogP contribution in [0.25, 0.3) is 0 Å². The Hall–Kier alpha value is -3.47. The molecule has 2 aromatic carbocycles. The fourth-order valence-electron chi connectivity index (χ4n) is 7.35. The van der Waals surface area contributed by atoms with Crippen molar-refractivity contribution in [3.05, 3.63) is 85.5 Å². The third-order valence-electron chi connectivity index (χ3n) is 9.36. The molecule has 3 aliphatic rings. The maximum Gasteiger partial charge on any atom is 0.312 e. The highest BCUT2D eigenvalue weighted by Gasteiger charge is 2.77. The van der Waals surface area contributed by atoms with E-state index in [1.807, 2.05) is 54.6 Å². The number of alkyl halides is 1. The second-order valence-electron chi connectivity index (χ2n) is 11.7. The molecule has 10 heteroatoms. The number of ether oxygens (including phenoxy) is 2. The third-order valence-corrected chi connectivity index (χ3v) is 10.2. The summed E-state index contributed by atoms with van der Waals surface area (Å²) in [6.45, 7) is 13.4. The Morgan fingerprint density at radius 3 is 2.38 bits per heavy atom. The summed E-state index contributed by atoms with van der Waals surface area (Å²) in [5.41, 5.74) is 1.05. The van der Waals surface area contributed by atoms with Crippen molar-refractivity contribution in [3.63, 3.8) is 0 Å². The maximum absolute atomic E-state index is 15.0. The van der Waals surface area contributed by atoms with Gasteiger partial charge in [0, 0.05) is 35.8 Å². The minimum atomic E-state index is -1.31. The van der Waals surface area contributed by atoms with Crippen molar-refractivity contribution in [2.24, 2.45) is 11.8 Å². The summed E-state index contributed by atoms with van der Waals surface area (Å²) in [6, 6.07) is 14.9. The first-order chi connectivity index (χ1) is 21.8. The van der Waals surface area contributed by atoms with Crippen LogP contribution in [0.1, 0.15) is 38.3 Å². The molecule has 3 aliphatic heterocycles. The lowest BCUT2D eigenvalue weighted by molar-refractivity contribution is -0.155. The van der Waals surface area contributed by atoms with E-state index in [0.29, 0.717) is 24.1 Å². The molecule has 2 aromatic rings. The lowest BCUT2D eigenvalue weighted by Gasteiger charge is -2.39. The average Bonchev–Trinajstić information content (AvgIpc) is 3.65. The molecule has 0 aromatic heterocycles. The van der Waals surface area contributed by atoms with E-state index in [-0.39, 0.29) is 23.9 Å². The van der Waals surface area contributed by atoms with Crippen LogP contribution in [0.15, 0.2) is 79.9 Å². The Morgan fingerprint density at radius 1 is 1.11 bits per heavy atom. The monoisotopic (exact) mass is 679 g/mol. The number of aliphatic hydroxyl groups excluding tert-OH is 1. The van der Waals surface area contributed by atoms with Crippen molar-refractivity contribution in [2.75, 3.05) is 42.6 Å². The molecule has 3 saturated heterocycles. The summed E-state index contributed by atoms with van der Waals surface area (Å²) in [4.78, 5) is 48.1. The number of nitrogens with zero attached hydrogens (tertiary/aromatic N) is 3. The van der Waals surface area contributed by atoms with E-state index in [1.165, 1.54) is 4.90 Å². The van der Waals surface area contributed by atoms with E-state index < -0.39 is 54.1 Å². The Labute approximate surface area is 273 Å². The molecule has 2 bridgehead atoms. The molecule has 1 spiro atoms. The zero-order chi connectivity index (χ0) is 32.3. The Balaban J connectivity index is 1.60. The van der Waals surface area contributed by atoms with Gasteiger partial charge in [0.1, 0.15) is 11.6 Å². The van der Waals surface area contributed by atoms with Gasteiger partial charge >= 0.3 is 5.97 Å². The molecule has 45 heavy (non-hydrogen) atoms. The van der Waals surface area contributed by atoms with E-state index in [4.69, 9.17) is 9.47 Å². The van der Waals surface area contributed by atoms with Gasteiger partial charge in [0.15, 0.2) is 0 Å². The number of aliphatic hydroxyl groups is 1. The second kappa shape index (κ2) is 13.9. The van der Waals surface area contributed by atoms with Gasteiger partial charge in [0.25, 0.3) is 5.91 Å². The number of fused-ring (bicyclic) bond motifs is 1. The summed E-state index contributed by atoms with van der Waals surface area (Å²) < 4.78 is 12.2. The van der Waals surface area contributed by atoms with Crippen LogP contribution in [0.4, 0.5) is 11.4 Å². The fraction of sp³-hybridized carbons (Fsp3) is 0.457. The Kier molecular flexibility index (Phi) is 10.2. The smallest absolute Gasteiger partial charge is 0.312 e. The number of carbonyl (C=O) groups excluding carboxylic acids is 3. The van der Waals surface area contributed by atoms with Crippen LogP contribution in [-0.4, -0.2) is 83.2 Å². The lowest BCUT2D eigenvalue weighted by atomic mass is 9.70. The molecule has 3 unspecified atom stereocenters. The Morgan fingerprint density at radius 2 is 1.78 bits per heavy atom. The molecule has 0 radical (unpaired) electrons. The van der Waals surface area contributed by atoms with Crippen LogP contribution in [0, 0.1) is 11.8 Å². The van der Waals surface area contributed by atoms with Gasteiger partial charge in [-0.15, -0.1) is 13.2 Å². The van der Waals surface area contributed by atoms with E-state index >= 15 is 0 Å². The van der Waals surface area contributed by atoms with E-state index in [2.05, 4.69) is 47.8 Å². The summed E-state index contributed by atoms with van der Waals surface area (Å²) in [7, 11) is 0. The molecular weight excluding hydrogens is 638 g/mol. The molecule has 5 rings (SSSR count). The van der Waals surface area contributed by atoms with Crippen LogP contribution in [0.3, 0.4) is 0 Å². The highest BCUT2D eigenvalue weighted by molar-refractivity contribution is 9.09. The van der Waals surface area contributed by atoms with Crippen LogP contribution in [-0.2, 0) is 23.9 Å². The average molecular weight is 681 g/mol. The number of anilines is 2. The number of hydrogen-bond acceptors (Lipinski definition) is 7. The molecule has 3 fully saturated rings. The molecule has 2 amide bonds. The largest absolute Gasteiger partial charge is 0.465 e. The van der Waals surface area contributed by atoms with Gasteiger partial charge in [-0.2, -0.15) is 0 Å². The maximum atomic E-state index is 15.0. The first-order valence-electron chi connectivity index (χ1n) is 15.6. The van der Waals surface area contributed by atoms with Crippen LogP contribution >= 0.6 is 15.9 Å². The second-order valence-corrected chi connectivity index (χ2v) is 12.9. The number of amides is 2. The Bertz CT molecular complexity index is 1400. The predicted octanol–water partition coefficient (Wildman–Crippen LogP) is 4.65. The molecule has 3 heterocycles. The van der Waals surface area contributed by atoms with Crippen molar-refractivity contribution in [1.82, 2.24) is 4.90 Å². The van der Waals surface area contributed by atoms with Gasteiger partial charge < -0.3 is 29.3 Å². The van der Waals surface area contributed by atoms with Crippen LogP contribution < -0.4 is 9.80 Å². The minimum absolute atomic E-state index is 0.137. The van der Waals surface area contributed by atoms with Crippen molar-refractivity contribution >= 4 is 45.1 Å². The van der Waals surface area contributed by atoms with Gasteiger partial charge in [0.05, 0.1) is 37.2 Å². The van der Waals surface area contributed by atoms with Gasteiger partial charge in [-0.3, -0.25) is 14.4 Å². The normalized spacial score (nSPS) is 27.2. The zero-order valence-corrected chi connectivity index (χ0v) is 27.5. The van der Waals surface area contributed by atoms with Crippen molar-refractivity contribution in [1.29, 1.82) is 0 Å². The number of likely N-dealkylation sites (tertiary alicyclic amines) is 1. The van der Waals surface area contributed by atoms with Crippen molar-refractivity contribution in [2.45, 2.75) is 55.3 Å².